The number of rotatable bonds is 4. The largest absolute Gasteiger partial charge is 0.497 e. The third kappa shape index (κ3) is 3.72. The van der Waals surface area contributed by atoms with Gasteiger partial charge in [-0.15, -0.1) is 0 Å². The van der Waals surface area contributed by atoms with Crippen LogP contribution in [0.3, 0.4) is 0 Å². The van der Waals surface area contributed by atoms with Gasteiger partial charge >= 0.3 is 0 Å². The Morgan fingerprint density at radius 1 is 1.13 bits per heavy atom. The summed E-state index contributed by atoms with van der Waals surface area (Å²) in [6.45, 7) is 3.90. The van der Waals surface area contributed by atoms with Gasteiger partial charge in [0.1, 0.15) is 12.3 Å². The van der Waals surface area contributed by atoms with Gasteiger partial charge in [-0.05, 0) is 24.3 Å². The maximum atomic E-state index is 12.3. The summed E-state index contributed by atoms with van der Waals surface area (Å²) < 4.78 is 5.17. The highest BCUT2D eigenvalue weighted by Crippen LogP contribution is 2.21. The molecule has 0 aliphatic carbocycles. The summed E-state index contributed by atoms with van der Waals surface area (Å²) in [5.74, 6) is 1.68. The summed E-state index contributed by atoms with van der Waals surface area (Å²) in [6.07, 6.45) is 0. The highest BCUT2D eigenvalue weighted by molar-refractivity contribution is 8.13. The molecule has 2 aliphatic rings. The Kier molecular flexibility index (Phi) is 4.95. The number of carbonyl (C=O) groups is 2. The molecule has 2 aliphatic heterocycles. The lowest BCUT2D eigenvalue weighted by atomic mass is 10.2. The van der Waals surface area contributed by atoms with E-state index in [0.29, 0.717) is 19.6 Å². The second-order valence-electron chi connectivity index (χ2n) is 5.60. The lowest BCUT2D eigenvalue weighted by Gasteiger charge is -2.36. The molecule has 7 heteroatoms. The molecule has 2 heterocycles. The first-order valence-electron chi connectivity index (χ1n) is 7.76. The minimum atomic E-state index is 0.0234. The fourth-order valence-corrected chi connectivity index (χ4v) is 3.66. The zero-order valence-corrected chi connectivity index (χ0v) is 14.1. The van der Waals surface area contributed by atoms with E-state index in [9.17, 15) is 9.59 Å². The van der Waals surface area contributed by atoms with E-state index in [0.717, 1.165) is 30.3 Å². The van der Waals surface area contributed by atoms with Crippen LogP contribution in [0.4, 0.5) is 10.5 Å². The van der Waals surface area contributed by atoms with Gasteiger partial charge < -0.3 is 19.4 Å². The third-order valence-electron chi connectivity index (χ3n) is 4.24. The molecule has 2 amide bonds. The molecule has 0 saturated carbocycles. The van der Waals surface area contributed by atoms with E-state index in [-0.39, 0.29) is 17.7 Å². The average molecular weight is 335 g/mol. The molecule has 2 fully saturated rings. The fraction of sp³-hybridized carbons (Fsp3) is 0.500. The number of hydrogen-bond acceptors (Lipinski definition) is 5. The number of carbonyl (C=O) groups excluding carboxylic acids is 2. The molecule has 0 radical (unpaired) electrons. The zero-order chi connectivity index (χ0) is 16.2. The predicted molar refractivity (Wildman–Crippen MR) is 91.2 cm³/mol. The molecule has 124 valence electrons. The molecular weight excluding hydrogens is 314 g/mol. The Balaban J connectivity index is 1.51. The molecule has 0 atom stereocenters. The number of amides is 2. The van der Waals surface area contributed by atoms with Gasteiger partial charge in [-0.2, -0.15) is 0 Å². The van der Waals surface area contributed by atoms with Crippen LogP contribution in [0.1, 0.15) is 0 Å². The summed E-state index contributed by atoms with van der Waals surface area (Å²) in [6, 6.07) is 7.97. The number of ether oxygens (including phenoxy) is 1. The van der Waals surface area contributed by atoms with E-state index in [1.807, 2.05) is 29.2 Å². The SMILES string of the molecule is COc1ccc(N2CCN(C(=O)CN3CCSC3=O)CC2)cc1. The highest BCUT2D eigenvalue weighted by Gasteiger charge is 2.27. The van der Waals surface area contributed by atoms with Crippen molar-refractivity contribution in [2.45, 2.75) is 0 Å². The van der Waals surface area contributed by atoms with Crippen molar-refractivity contribution in [2.24, 2.45) is 0 Å². The van der Waals surface area contributed by atoms with Gasteiger partial charge in [-0.3, -0.25) is 9.59 Å². The van der Waals surface area contributed by atoms with Crippen LogP contribution in [-0.2, 0) is 4.79 Å². The molecule has 0 N–H and O–H groups in total. The lowest BCUT2D eigenvalue weighted by molar-refractivity contribution is -0.131. The minimum Gasteiger partial charge on any atom is -0.497 e. The van der Waals surface area contributed by atoms with E-state index in [2.05, 4.69) is 4.90 Å². The molecular formula is C16H21N3O3S. The van der Waals surface area contributed by atoms with Crippen molar-refractivity contribution in [2.75, 3.05) is 57.0 Å². The Morgan fingerprint density at radius 2 is 1.83 bits per heavy atom. The van der Waals surface area contributed by atoms with Crippen molar-refractivity contribution in [1.82, 2.24) is 9.80 Å². The van der Waals surface area contributed by atoms with Crippen LogP contribution in [0, 0.1) is 0 Å². The first-order chi connectivity index (χ1) is 11.2. The summed E-state index contributed by atoms with van der Waals surface area (Å²) in [4.78, 5) is 29.7. The molecule has 0 bridgehead atoms. The van der Waals surface area contributed by atoms with Gasteiger partial charge in [0.15, 0.2) is 0 Å². The van der Waals surface area contributed by atoms with E-state index in [1.165, 1.54) is 11.8 Å². The molecule has 0 unspecified atom stereocenters. The topological polar surface area (TPSA) is 53.1 Å². The number of piperazine rings is 1. The van der Waals surface area contributed by atoms with Gasteiger partial charge in [0.05, 0.1) is 7.11 Å². The van der Waals surface area contributed by atoms with Crippen LogP contribution in [0.5, 0.6) is 5.75 Å². The van der Waals surface area contributed by atoms with Crippen molar-refractivity contribution in [3.05, 3.63) is 24.3 Å². The van der Waals surface area contributed by atoms with Crippen LogP contribution in [-0.4, -0.2) is 73.1 Å². The van der Waals surface area contributed by atoms with E-state index in [1.54, 1.807) is 12.0 Å². The molecule has 1 aromatic rings. The second kappa shape index (κ2) is 7.12. The number of thioether (sulfide) groups is 1. The zero-order valence-electron chi connectivity index (χ0n) is 13.2. The van der Waals surface area contributed by atoms with Crippen LogP contribution in [0.2, 0.25) is 0 Å². The molecule has 2 saturated heterocycles. The number of benzene rings is 1. The molecule has 6 nitrogen and oxygen atoms in total. The van der Waals surface area contributed by atoms with Crippen molar-refractivity contribution < 1.29 is 14.3 Å². The maximum Gasteiger partial charge on any atom is 0.282 e. The Hall–Kier alpha value is -1.89. The first kappa shape index (κ1) is 16.0. The Labute approximate surface area is 140 Å². The molecule has 0 aromatic heterocycles. The van der Waals surface area contributed by atoms with E-state index < -0.39 is 0 Å². The highest BCUT2D eigenvalue weighted by atomic mass is 32.2. The van der Waals surface area contributed by atoms with Crippen LogP contribution in [0.15, 0.2) is 24.3 Å². The van der Waals surface area contributed by atoms with Crippen molar-refractivity contribution in [1.29, 1.82) is 0 Å². The van der Waals surface area contributed by atoms with Gasteiger partial charge in [0, 0.05) is 44.2 Å². The van der Waals surface area contributed by atoms with Gasteiger partial charge in [0.25, 0.3) is 5.24 Å². The van der Waals surface area contributed by atoms with Crippen molar-refractivity contribution >= 4 is 28.6 Å². The number of nitrogens with zero attached hydrogens (tertiary/aromatic N) is 3. The van der Waals surface area contributed by atoms with Crippen LogP contribution < -0.4 is 9.64 Å². The quantitative estimate of drug-likeness (QED) is 0.835. The number of anilines is 1. The monoisotopic (exact) mass is 335 g/mol. The smallest absolute Gasteiger partial charge is 0.282 e. The summed E-state index contributed by atoms with van der Waals surface area (Å²) in [5.41, 5.74) is 1.14. The number of hydrogen-bond donors (Lipinski definition) is 0. The molecule has 0 spiro atoms. The molecule has 3 rings (SSSR count). The Morgan fingerprint density at radius 3 is 2.39 bits per heavy atom. The van der Waals surface area contributed by atoms with Crippen LogP contribution >= 0.6 is 11.8 Å². The van der Waals surface area contributed by atoms with Crippen LogP contribution in [0.25, 0.3) is 0 Å². The van der Waals surface area contributed by atoms with E-state index >= 15 is 0 Å². The maximum absolute atomic E-state index is 12.3. The molecule has 1 aromatic carbocycles. The fourth-order valence-electron chi connectivity index (χ4n) is 2.84. The van der Waals surface area contributed by atoms with Gasteiger partial charge in [-0.25, -0.2) is 0 Å². The Bertz CT molecular complexity index is 570. The van der Waals surface area contributed by atoms with Gasteiger partial charge in [0.2, 0.25) is 5.91 Å². The summed E-state index contributed by atoms with van der Waals surface area (Å²) >= 11 is 1.29. The van der Waals surface area contributed by atoms with Crippen molar-refractivity contribution in [3.63, 3.8) is 0 Å². The van der Waals surface area contributed by atoms with Crippen molar-refractivity contribution in [3.8, 4) is 5.75 Å². The average Bonchev–Trinajstić information content (AvgIpc) is 3.00. The van der Waals surface area contributed by atoms with E-state index in [4.69, 9.17) is 4.74 Å². The predicted octanol–water partition coefficient (Wildman–Crippen LogP) is 1.51. The number of methoxy groups -OCH3 is 1. The summed E-state index contributed by atoms with van der Waals surface area (Å²) in [5, 5.41) is 0.0234. The minimum absolute atomic E-state index is 0.0234. The molecule has 23 heavy (non-hydrogen) atoms. The third-order valence-corrected chi connectivity index (χ3v) is 5.13. The standard InChI is InChI=1S/C16H21N3O3S/c1-22-14-4-2-13(3-5-14)17-6-8-18(9-7-17)15(20)12-19-10-11-23-16(19)21/h2-5H,6-12H2,1H3. The summed E-state index contributed by atoms with van der Waals surface area (Å²) in [7, 11) is 1.66. The lowest BCUT2D eigenvalue weighted by Crippen LogP contribution is -2.51. The first-order valence-corrected chi connectivity index (χ1v) is 8.74. The normalized spacial score (nSPS) is 18.5. The second-order valence-corrected chi connectivity index (χ2v) is 6.65. The van der Waals surface area contributed by atoms with Gasteiger partial charge in [-0.1, -0.05) is 11.8 Å².